The maximum atomic E-state index is 11.3. The largest absolute Gasteiger partial charge is 0.496 e. The van der Waals surface area contributed by atoms with Crippen LogP contribution in [0.15, 0.2) is 18.2 Å². The fraction of sp³-hybridized carbons (Fsp3) is 0.333. The number of nitrogens with one attached hydrogen (secondary N) is 1. The maximum absolute atomic E-state index is 11.3. The van der Waals surface area contributed by atoms with Crippen LogP contribution in [0.5, 0.6) is 5.75 Å². The van der Waals surface area contributed by atoms with Gasteiger partial charge in [-0.1, -0.05) is 0 Å². The van der Waals surface area contributed by atoms with Crippen molar-refractivity contribution in [1.29, 1.82) is 0 Å². The van der Waals surface area contributed by atoms with Crippen molar-refractivity contribution >= 4 is 11.7 Å². The van der Waals surface area contributed by atoms with Gasteiger partial charge in [0.1, 0.15) is 5.75 Å². The number of Topliss-reactive ketones (excluding diaryl/α,β-unsaturated/α-hetero) is 1. The summed E-state index contributed by atoms with van der Waals surface area (Å²) in [5, 5.41) is 2.53. The molecule has 0 aliphatic rings. The number of methoxy groups -OCH3 is 1. The summed E-state index contributed by atoms with van der Waals surface area (Å²) < 4.78 is 5.13. The second-order valence-electron chi connectivity index (χ2n) is 3.43. The lowest BCUT2D eigenvalue weighted by Gasteiger charge is -2.09. The maximum Gasteiger partial charge on any atom is 0.224 e. The van der Waals surface area contributed by atoms with Crippen molar-refractivity contribution in [2.24, 2.45) is 0 Å². The molecule has 1 N–H and O–H groups in total. The Morgan fingerprint density at radius 2 is 2.06 bits per heavy atom. The van der Waals surface area contributed by atoms with E-state index in [2.05, 4.69) is 5.32 Å². The fourth-order valence-electron chi connectivity index (χ4n) is 1.40. The molecule has 0 aromatic heterocycles. The fourth-order valence-corrected chi connectivity index (χ4v) is 1.40. The van der Waals surface area contributed by atoms with Gasteiger partial charge in [0.05, 0.1) is 13.5 Å². The van der Waals surface area contributed by atoms with E-state index >= 15 is 0 Å². The zero-order valence-corrected chi connectivity index (χ0v) is 9.66. The van der Waals surface area contributed by atoms with Crippen molar-refractivity contribution < 1.29 is 14.3 Å². The SMILES string of the molecule is CNC(=O)Cc1cc(C(C)=O)ccc1OC. The van der Waals surface area contributed by atoms with Crippen molar-refractivity contribution in [3.05, 3.63) is 29.3 Å². The predicted molar refractivity (Wildman–Crippen MR) is 60.8 cm³/mol. The van der Waals surface area contributed by atoms with Crippen molar-refractivity contribution in [3.63, 3.8) is 0 Å². The number of ketones is 1. The van der Waals surface area contributed by atoms with Crippen molar-refractivity contribution in [3.8, 4) is 5.75 Å². The van der Waals surface area contributed by atoms with Crippen molar-refractivity contribution in [1.82, 2.24) is 5.32 Å². The summed E-state index contributed by atoms with van der Waals surface area (Å²) in [4.78, 5) is 22.5. The quantitative estimate of drug-likeness (QED) is 0.777. The summed E-state index contributed by atoms with van der Waals surface area (Å²) in [5.41, 5.74) is 1.30. The van der Waals surface area contributed by atoms with Crippen LogP contribution >= 0.6 is 0 Å². The lowest BCUT2D eigenvalue weighted by Crippen LogP contribution is -2.20. The first kappa shape index (κ1) is 12.2. The Morgan fingerprint density at radius 1 is 1.38 bits per heavy atom. The number of carbonyl (C=O) groups excluding carboxylic acids is 2. The molecule has 0 aliphatic carbocycles. The summed E-state index contributed by atoms with van der Waals surface area (Å²) in [6.07, 6.45) is 0.209. The number of likely N-dealkylation sites (N-methyl/N-ethyl adjacent to an activating group) is 1. The molecule has 4 heteroatoms. The Hall–Kier alpha value is -1.84. The monoisotopic (exact) mass is 221 g/mol. The Balaban J connectivity index is 3.06. The lowest BCUT2D eigenvalue weighted by atomic mass is 10.0. The molecular formula is C12H15NO3. The molecule has 1 rings (SSSR count). The molecule has 0 heterocycles. The first-order valence-corrected chi connectivity index (χ1v) is 4.97. The number of carbonyl (C=O) groups is 2. The van der Waals surface area contributed by atoms with Crippen LogP contribution in [0.2, 0.25) is 0 Å². The first-order valence-electron chi connectivity index (χ1n) is 4.97. The summed E-state index contributed by atoms with van der Waals surface area (Å²) in [6, 6.07) is 5.08. The van der Waals surface area contributed by atoms with Gasteiger partial charge in [0.25, 0.3) is 0 Å². The third-order valence-electron chi connectivity index (χ3n) is 2.32. The molecule has 0 saturated heterocycles. The average Bonchev–Trinajstić information content (AvgIpc) is 2.28. The zero-order chi connectivity index (χ0) is 12.1. The van der Waals surface area contributed by atoms with Gasteiger partial charge in [0, 0.05) is 18.2 Å². The van der Waals surface area contributed by atoms with E-state index in [0.717, 1.165) is 5.56 Å². The van der Waals surface area contributed by atoms with Crippen LogP contribution in [-0.4, -0.2) is 25.8 Å². The molecular weight excluding hydrogens is 206 g/mol. The highest BCUT2D eigenvalue weighted by atomic mass is 16.5. The van der Waals surface area contributed by atoms with Gasteiger partial charge in [-0.05, 0) is 25.1 Å². The number of benzene rings is 1. The molecule has 0 saturated carbocycles. The standard InChI is InChI=1S/C12H15NO3/c1-8(14)9-4-5-11(16-3)10(6-9)7-12(15)13-2/h4-6H,7H2,1-3H3,(H,13,15). The number of hydrogen-bond acceptors (Lipinski definition) is 3. The normalized spacial score (nSPS) is 9.69. The molecule has 0 atom stereocenters. The van der Waals surface area contributed by atoms with Crippen LogP contribution in [0.1, 0.15) is 22.8 Å². The first-order chi connectivity index (χ1) is 7.58. The van der Waals surface area contributed by atoms with Gasteiger partial charge < -0.3 is 10.1 Å². The molecule has 0 aliphatic heterocycles. The molecule has 0 unspecified atom stereocenters. The number of ether oxygens (including phenoxy) is 1. The highest BCUT2D eigenvalue weighted by Gasteiger charge is 2.10. The van der Waals surface area contributed by atoms with E-state index in [1.54, 1.807) is 25.2 Å². The summed E-state index contributed by atoms with van der Waals surface area (Å²) in [5.74, 6) is 0.480. The average molecular weight is 221 g/mol. The number of amides is 1. The highest BCUT2D eigenvalue weighted by Crippen LogP contribution is 2.20. The number of hydrogen-bond donors (Lipinski definition) is 1. The smallest absolute Gasteiger partial charge is 0.224 e. The van der Waals surface area contributed by atoms with Crippen LogP contribution in [0.3, 0.4) is 0 Å². The topological polar surface area (TPSA) is 55.4 Å². The molecule has 0 fully saturated rings. The third kappa shape index (κ3) is 2.82. The molecule has 16 heavy (non-hydrogen) atoms. The molecule has 4 nitrogen and oxygen atoms in total. The van der Waals surface area contributed by atoms with Crippen LogP contribution in [0.4, 0.5) is 0 Å². The summed E-state index contributed by atoms with van der Waals surface area (Å²) in [7, 11) is 3.11. The van der Waals surface area contributed by atoms with Gasteiger partial charge >= 0.3 is 0 Å². The molecule has 0 radical (unpaired) electrons. The van der Waals surface area contributed by atoms with Crippen molar-refractivity contribution in [2.45, 2.75) is 13.3 Å². The van der Waals surface area contributed by atoms with Crippen LogP contribution in [0, 0.1) is 0 Å². The minimum Gasteiger partial charge on any atom is -0.496 e. The van der Waals surface area contributed by atoms with E-state index in [4.69, 9.17) is 4.74 Å². The van der Waals surface area contributed by atoms with Crippen LogP contribution < -0.4 is 10.1 Å². The molecule has 0 bridgehead atoms. The Labute approximate surface area is 94.6 Å². The second-order valence-corrected chi connectivity index (χ2v) is 3.43. The van der Waals surface area contributed by atoms with Gasteiger partial charge in [0.15, 0.2) is 5.78 Å². The Bertz CT molecular complexity index is 413. The molecule has 0 spiro atoms. The minimum atomic E-state index is -0.112. The lowest BCUT2D eigenvalue weighted by molar-refractivity contribution is -0.119. The van der Waals surface area contributed by atoms with E-state index in [-0.39, 0.29) is 18.1 Å². The third-order valence-corrected chi connectivity index (χ3v) is 2.32. The zero-order valence-electron chi connectivity index (χ0n) is 9.66. The van der Waals surface area contributed by atoms with Crippen molar-refractivity contribution in [2.75, 3.05) is 14.2 Å². The predicted octanol–water partition coefficient (Wildman–Crippen LogP) is 1.19. The van der Waals surface area contributed by atoms with Gasteiger partial charge in [-0.2, -0.15) is 0 Å². The van der Waals surface area contributed by atoms with E-state index in [9.17, 15) is 9.59 Å². The number of rotatable bonds is 4. The summed E-state index contributed by atoms with van der Waals surface area (Å²) in [6.45, 7) is 1.49. The minimum absolute atomic E-state index is 0.0270. The molecule has 86 valence electrons. The second kappa shape index (κ2) is 5.30. The van der Waals surface area contributed by atoms with E-state index in [0.29, 0.717) is 11.3 Å². The van der Waals surface area contributed by atoms with Gasteiger partial charge in [0.2, 0.25) is 5.91 Å². The van der Waals surface area contributed by atoms with Crippen LogP contribution in [-0.2, 0) is 11.2 Å². The molecule has 1 amide bonds. The van der Waals surface area contributed by atoms with E-state index < -0.39 is 0 Å². The van der Waals surface area contributed by atoms with Gasteiger partial charge in [-0.15, -0.1) is 0 Å². The highest BCUT2D eigenvalue weighted by molar-refractivity contribution is 5.94. The van der Waals surface area contributed by atoms with Gasteiger partial charge in [-0.25, -0.2) is 0 Å². The van der Waals surface area contributed by atoms with E-state index in [1.165, 1.54) is 14.0 Å². The molecule has 1 aromatic rings. The van der Waals surface area contributed by atoms with Gasteiger partial charge in [-0.3, -0.25) is 9.59 Å². The summed E-state index contributed by atoms with van der Waals surface area (Å²) >= 11 is 0. The van der Waals surface area contributed by atoms with Crippen LogP contribution in [0.25, 0.3) is 0 Å². The Morgan fingerprint density at radius 3 is 2.56 bits per heavy atom. The molecule has 1 aromatic carbocycles. The van der Waals surface area contributed by atoms with E-state index in [1.807, 2.05) is 0 Å². The Kier molecular flexibility index (Phi) is 4.05.